The van der Waals surface area contributed by atoms with Crippen molar-refractivity contribution in [3.8, 4) is 0 Å². The van der Waals surface area contributed by atoms with Crippen LogP contribution in [0.1, 0.15) is 18.4 Å². The van der Waals surface area contributed by atoms with Crippen LogP contribution in [0.15, 0.2) is 28.7 Å². The predicted molar refractivity (Wildman–Crippen MR) is 75.4 cm³/mol. The lowest BCUT2D eigenvalue weighted by Crippen LogP contribution is -2.48. The van der Waals surface area contributed by atoms with Crippen LogP contribution in [0, 0.1) is 0 Å². The van der Waals surface area contributed by atoms with Crippen molar-refractivity contribution in [3.05, 3.63) is 34.3 Å². The zero-order chi connectivity index (χ0) is 12.8. The lowest BCUT2D eigenvalue weighted by Gasteiger charge is -2.23. The quantitative estimate of drug-likeness (QED) is 0.799. The minimum absolute atomic E-state index is 0.0977. The van der Waals surface area contributed by atoms with Gasteiger partial charge in [-0.1, -0.05) is 34.1 Å². The molecule has 98 valence electrons. The average Bonchev–Trinajstić information content (AvgIpc) is 2.39. The van der Waals surface area contributed by atoms with E-state index in [-0.39, 0.29) is 12.1 Å². The number of halogens is 1. The monoisotopic (exact) mass is 311 g/mol. The Morgan fingerprint density at radius 3 is 3.00 bits per heavy atom. The number of urea groups is 1. The number of carbonyl (C=O) groups is 1. The maximum Gasteiger partial charge on any atom is 0.315 e. The van der Waals surface area contributed by atoms with E-state index < -0.39 is 0 Å². The predicted octanol–water partition coefficient (Wildman–Crippen LogP) is 2.00. The Hall–Kier alpha value is -1.07. The van der Waals surface area contributed by atoms with Gasteiger partial charge in [0.25, 0.3) is 0 Å². The molecule has 2 amide bonds. The Bertz CT molecular complexity index is 405. The molecule has 4 nitrogen and oxygen atoms in total. The van der Waals surface area contributed by atoms with E-state index in [1.54, 1.807) is 0 Å². The fourth-order valence-electron chi connectivity index (χ4n) is 2.03. The van der Waals surface area contributed by atoms with E-state index in [1.165, 1.54) is 0 Å². The number of amides is 2. The highest BCUT2D eigenvalue weighted by atomic mass is 79.9. The molecular formula is C13H18BrN3O. The Labute approximate surface area is 116 Å². The number of piperidine rings is 1. The second-order valence-corrected chi connectivity index (χ2v) is 5.32. The van der Waals surface area contributed by atoms with Gasteiger partial charge in [0.2, 0.25) is 0 Å². The van der Waals surface area contributed by atoms with Gasteiger partial charge in [0.1, 0.15) is 0 Å². The molecule has 0 spiro atoms. The summed E-state index contributed by atoms with van der Waals surface area (Å²) in [6.45, 7) is 2.45. The second-order valence-electron chi connectivity index (χ2n) is 4.46. The van der Waals surface area contributed by atoms with Crippen LogP contribution in [-0.2, 0) is 6.54 Å². The fourth-order valence-corrected chi connectivity index (χ4v) is 2.45. The molecule has 3 N–H and O–H groups in total. The molecule has 1 atom stereocenters. The van der Waals surface area contributed by atoms with Crippen molar-refractivity contribution >= 4 is 22.0 Å². The number of benzene rings is 1. The van der Waals surface area contributed by atoms with Crippen molar-refractivity contribution in [1.29, 1.82) is 0 Å². The first-order valence-corrected chi connectivity index (χ1v) is 7.03. The molecule has 0 aliphatic carbocycles. The summed E-state index contributed by atoms with van der Waals surface area (Å²) in [6.07, 6.45) is 2.17. The summed E-state index contributed by atoms with van der Waals surface area (Å²) in [7, 11) is 0. The lowest BCUT2D eigenvalue weighted by molar-refractivity contribution is 0.233. The number of nitrogens with one attached hydrogen (secondary N) is 3. The van der Waals surface area contributed by atoms with E-state index in [0.717, 1.165) is 36.0 Å². The van der Waals surface area contributed by atoms with E-state index in [0.29, 0.717) is 6.54 Å². The van der Waals surface area contributed by atoms with Gasteiger partial charge in [-0.05, 0) is 31.0 Å². The van der Waals surface area contributed by atoms with E-state index in [4.69, 9.17) is 0 Å². The summed E-state index contributed by atoms with van der Waals surface area (Å²) in [5.74, 6) is 0. The van der Waals surface area contributed by atoms with Gasteiger partial charge in [-0.3, -0.25) is 0 Å². The molecule has 1 saturated heterocycles. The molecule has 0 aromatic heterocycles. The molecule has 1 aromatic carbocycles. The molecule has 1 fully saturated rings. The Morgan fingerprint density at radius 1 is 1.44 bits per heavy atom. The third kappa shape index (κ3) is 3.99. The van der Waals surface area contributed by atoms with Gasteiger partial charge in [0.15, 0.2) is 0 Å². The van der Waals surface area contributed by atoms with Gasteiger partial charge < -0.3 is 16.0 Å². The first kappa shape index (κ1) is 13.4. The summed E-state index contributed by atoms with van der Waals surface area (Å²) >= 11 is 3.46. The zero-order valence-corrected chi connectivity index (χ0v) is 11.8. The molecule has 0 bridgehead atoms. The SMILES string of the molecule is O=C(NCc1ccccc1Br)NC1CCCNC1. The van der Waals surface area contributed by atoms with Crippen LogP contribution in [0.2, 0.25) is 0 Å². The molecule has 1 heterocycles. The number of hydrogen-bond donors (Lipinski definition) is 3. The van der Waals surface area contributed by atoms with Crippen LogP contribution in [0.25, 0.3) is 0 Å². The van der Waals surface area contributed by atoms with Gasteiger partial charge in [-0.2, -0.15) is 0 Å². The molecule has 1 aliphatic heterocycles. The highest BCUT2D eigenvalue weighted by Crippen LogP contribution is 2.15. The molecule has 18 heavy (non-hydrogen) atoms. The normalized spacial score (nSPS) is 19.3. The highest BCUT2D eigenvalue weighted by Gasteiger charge is 2.14. The van der Waals surface area contributed by atoms with Crippen LogP contribution in [0.3, 0.4) is 0 Å². The highest BCUT2D eigenvalue weighted by molar-refractivity contribution is 9.10. The van der Waals surface area contributed by atoms with E-state index in [1.807, 2.05) is 24.3 Å². The summed E-state index contributed by atoms with van der Waals surface area (Å²) < 4.78 is 1.02. The first-order valence-electron chi connectivity index (χ1n) is 6.24. The molecule has 1 unspecified atom stereocenters. The van der Waals surface area contributed by atoms with Gasteiger partial charge >= 0.3 is 6.03 Å². The third-order valence-electron chi connectivity index (χ3n) is 3.03. The minimum atomic E-state index is -0.0977. The van der Waals surface area contributed by atoms with E-state index >= 15 is 0 Å². The summed E-state index contributed by atoms with van der Waals surface area (Å²) in [4.78, 5) is 11.7. The molecule has 5 heteroatoms. The van der Waals surface area contributed by atoms with Crippen LogP contribution >= 0.6 is 15.9 Å². The molecule has 0 radical (unpaired) electrons. The van der Waals surface area contributed by atoms with Crippen LogP contribution in [-0.4, -0.2) is 25.2 Å². The lowest BCUT2D eigenvalue weighted by atomic mass is 10.1. The molecular weight excluding hydrogens is 294 g/mol. The van der Waals surface area contributed by atoms with E-state index in [9.17, 15) is 4.79 Å². The van der Waals surface area contributed by atoms with Crippen molar-refractivity contribution in [1.82, 2.24) is 16.0 Å². The van der Waals surface area contributed by atoms with Crippen molar-refractivity contribution in [2.45, 2.75) is 25.4 Å². The average molecular weight is 312 g/mol. The van der Waals surface area contributed by atoms with Gasteiger partial charge in [-0.25, -0.2) is 4.79 Å². The van der Waals surface area contributed by atoms with Crippen molar-refractivity contribution < 1.29 is 4.79 Å². The third-order valence-corrected chi connectivity index (χ3v) is 3.80. The Kier molecular flexibility index (Phi) is 5.01. The van der Waals surface area contributed by atoms with Gasteiger partial charge in [0.05, 0.1) is 0 Å². The number of carbonyl (C=O) groups excluding carboxylic acids is 1. The van der Waals surface area contributed by atoms with Crippen LogP contribution in [0.4, 0.5) is 4.79 Å². The Balaban J connectivity index is 1.76. The summed E-state index contributed by atoms with van der Waals surface area (Å²) in [6, 6.07) is 8.04. The van der Waals surface area contributed by atoms with Gasteiger partial charge in [0, 0.05) is 23.6 Å². The van der Waals surface area contributed by atoms with Crippen LogP contribution < -0.4 is 16.0 Å². The number of rotatable bonds is 3. The fraction of sp³-hybridized carbons (Fsp3) is 0.462. The second kappa shape index (κ2) is 6.75. The molecule has 2 rings (SSSR count). The Morgan fingerprint density at radius 2 is 2.28 bits per heavy atom. The minimum Gasteiger partial charge on any atom is -0.334 e. The van der Waals surface area contributed by atoms with Crippen molar-refractivity contribution in [3.63, 3.8) is 0 Å². The zero-order valence-electron chi connectivity index (χ0n) is 10.2. The smallest absolute Gasteiger partial charge is 0.315 e. The van der Waals surface area contributed by atoms with Crippen molar-refractivity contribution in [2.75, 3.05) is 13.1 Å². The molecule has 0 saturated carbocycles. The van der Waals surface area contributed by atoms with E-state index in [2.05, 4.69) is 31.9 Å². The molecule has 1 aromatic rings. The standard InChI is InChI=1S/C13H18BrN3O/c14-12-6-2-1-4-10(12)8-16-13(18)17-11-5-3-7-15-9-11/h1-2,4,6,11,15H,3,5,7-9H2,(H2,16,17,18). The molecule has 1 aliphatic rings. The van der Waals surface area contributed by atoms with Crippen LogP contribution in [0.5, 0.6) is 0 Å². The van der Waals surface area contributed by atoms with Crippen molar-refractivity contribution in [2.24, 2.45) is 0 Å². The number of hydrogen-bond acceptors (Lipinski definition) is 2. The summed E-state index contributed by atoms with van der Waals surface area (Å²) in [5, 5.41) is 9.13. The maximum atomic E-state index is 11.7. The largest absolute Gasteiger partial charge is 0.334 e. The van der Waals surface area contributed by atoms with Gasteiger partial charge in [-0.15, -0.1) is 0 Å². The first-order chi connectivity index (χ1) is 8.75. The summed E-state index contributed by atoms with van der Waals surface area (Å²) in [5.41, 5.74) is 1.08. The maximum absolute atomic E-state index is 11.7. The topological polar surface area (TPSA) is 53.2 Å².